The molecule has 0 fully saturated rings. The van der Waals surface area contributed by atoms with Gasteiger partial charge in [0, 0.05) is 18.7 Å². The Morgan fingerprint density at radius 3 is 2.30 bits per heavy atom. The maximum absolute atomic E-state index is 12.5. The van der Waals surface area contributed by atoms with Crippen molar-refractivity contribution in [3.05, 3.63) is 29.3 Å². The molecule has 0 spiro atoms. The van der Waals surface area contributed by atoms with Gasteiger partial charge >= 0.3 is 5.97 Å². The van der Waals surface area contributed by atoms with Gasteiger partial charge in [0.05, 0.1) is 4.90 Å². The van der Waals surface area contributed by atoms with Crippen LogP contribution in [0.25, 0.3) is 0 Å². The number of hydrogen-bond acceptors (Lipinski definition) is 4. The fourth-order valence-corrected chi connectivity index (χ4v) is 3.54. The molecule has 0 heterocycles. The van der Waals surface area contributed by atoms with Gasteiger partial charge in [0.1, 0.15) is 6.04 Å². The maximum Gasteiger partial charge on any atom is 0.325 e. The van der Waals surface area contributed by atoms with Crippen LogP contribution in [0.15, 0.2) is 23.1 Å². The Hall–Kier alpha value is -1.93. The first-order valence-electron chi connectivity index (χ1n) is 7.29. The molecule has 1 amide bonds. The molecule has 1 aromatic carbocycles. The van der Waals surface area contributed by atoms with Gasteiger partial charge in [-0.05, 0) is 31.5 Å². The van der Waals surface area contributed by atoms with Crippen LogP contribution in [-0.2, 0) is 14.8 Å². The molecule has 1 rings (SSSR count). The van der Waals surface area contributed by atoms with Gasteiger partial charge < -0.3 is 10.4 Å². The van der Waals surface area contributed by atoms with Crippen molar-refractivity contribution in [3.8, 4) is 0 Å². The Balaban J connectivity index is 3.23. The molecule has 128 valence electrons. The summed E-state index contributed by atoms with van der Waals surface area (Å²) in [6, 6.07) is 3.20. The minimum absolute atomic E-state index is 0.0138. The molecule has 23 heavy (non-hydrogen) atoms. The standard InChI is InChI=1S/C15H22N2O5S/c1-5-17(6-2)23(21,22)12-8-7-10(3)13(9-12)14(18)16-11(4)15(19)20/h7-9,11H,5-6H2,1-4H3,(H,16,18)(H,19,20)/t11-/m1/s1. The van der Waals surface area contributed by atoms with E-state index in [1.165, 1.54) is 29.4 Å². The fourth-order valence-electron chi connectivity index (χ4n) is 2.05. The zero-order valence-electron chi connectivity index (χ0n) is 13.7. The van der Waals surface area contributed by atoms with Gasteiger partial charge in [-0.15, -0.1) is 0 Å². The molecule has 0 aliphatic heterocycles. The average molecular weight is 342 g/mol. The number of nitrogens with zero attached hydrogens (tertiary/aromatic N) is 1. The summed E-state index contributed by atoms with van der Waals surface area (Å²) in [6.45, 7) is 7.11. The van der Waals surface area contributed by atoms with Crippen LogP contribution in [0.3, 0.4) is 0 Å². The van der Waals surface area contributed by atoms with Gasteiger partial charge in [0.2, 0.25) is 10.0 Å². The molecule has 0 saturated carbocycles. The lowest BCUT2D eigenvalue weighted by molar-refractivity contribution is -0.138. The number of nitrogens with one attached hydrogen (secondary N) is 1. The van der Waals surface area contributed by atoms with E-state index in [1.54, 1.807) is 20.8 Å². The summed E-state index contributed by atoms with van der Waals surface area (Å²) < 4.78 is 26.3. The third kappa shape index (κ3) is 4.29. The summed E-state index contributed by atoms with van der Waals surface area (Å²) in [5.74, 6) is -1.78. The number of aliphatic carboxylic acids is 1. The molecule has 0 aliphatic rings. The quantitative estimate of drug-likeness (QED) is 0.775. The Morgan fingerprint density at radius 2 is 1.83 bits per heavy atom. The van der Waals surface area contributed by atoms with E-state index >= 15 is 0 Å². The summed E-state index contributed by atoms with van der Waals surface area (Å²) in [4.78, 5) is 23.0. The second-order valence-corrected chi connectivity index (χ2v) is 7.04. The number of rotatable bonds is 7. The Labute approximate surface area is 136 Å². The highest BCUT2D eigenvalue weighted by Gasteiger charge is 2.24. The first kappa shape index (κ1) is 19.1. The molecule has 0 saturated heterocycles. The number of hydrogen-bond donors (Lipinski definition) is 2. The third-order valence-corrected chi connectivity index (χ3v) is 5.56. The van der Waals surface area contributed by atoms with Gasteiger partial charge in [-0.3, -0.25) is 9.59 Å². The normalized spacial score (nSPS) is 12.9. The lowest BCUT2D eigenvalue weighted by Crippen LogP contribution is -2.38. The lowest BCUT2D eigenvalue weighted by atomic mass is 10.1. The Morgan fingerprint density at radius 1 is 1.26 bits per heavy atom. The van der Waals surface area contributed by atoms with E-state index in [2.05, 4.69) is 5.32 Å². The number of amides is 1. The minimum Gasteiger partial charge on any atom is -0.480 e. The molecule has 1 aromatic rings. The summed E-state index contributed by atoms with van der Waals surface area (Å²) in [7, 11) is -3.68. The smallest absolute Gasteiger partial charge is 0.325 e. The minimum atomic E-state index is -3.68. The summed E-state index contributed by atoms with van der Waals surface area (Å²) in [6.07, 6.45) is 0. The van der Waals surface area contributed by atoms with Crippen LogP contribution >= 0.6 is 0 Å². The second kappa shape index (κ2) is 7.56. The van der Waals surface area contributed by atoms with Crippen molar-refractivity contribution < 1.29 is 23.1 Å². The number of benzene rings is 1. The Kier molecular flexibility index (Phi) is 6.28. The highest BCUT2D eigenvalue weighted by atomic mass is 32.2. The second-order valence-electron chi connectivity index (χ2n) is 5.10. The fraction of sp³-hybridized carbons (Fsp3) is 0.467. The van der Waals surface area contributed by atoms with Crippen LogP contribution in [0.2, 0.25) is 0 Å². The lowest BCUT2D eigenvalue weighted by Gasteiger charge is -2.19. The number of carbonyl (C=O) groups excluding carboxylic acids is 1. The van der Waals surface area contributed by atoms with Crippen molar-refractivity contribution in [2.75, 3.05) is 13.1 Å². The SMILES string of the molecule is CCN(CC)S(=O)(=O)c1ccc(C)c(C(=O)N[C@H](C)C(=O)O)c1. The third-order valence-electron chi connectivity index (χ3n) is 3.51. The van der Waals surface area contributed by atoms with E-state index < -0.39 is 27.9 Å². The first-order chi connectivity index (χ1) is 10.6. The number of aryl methyl sites for hydroxylation is 1. The molecule has 7 nitrogen and oxygen atoms in total. The predicted octanol–water partition coefficient (Wildman–Crippen LogP) is 1.23. The van der Waals surface area contributed by atoms with Crippen LogP contribution in [0.5, 0.6) is 0 Å². The van der Waals surface area contributed by atoms with Gasteiger partial charge in [-0.25, -0.2) is 8.42 Å². The van der Waals surface area contributed by atoms with E-state index in [1.807, 2.05) is 0 Å². The van der Waals surface area contributed by atoms with E-state index in [9.17, 15) is 18.0 Å². The van der Waals surface area contributed by atoms with E-state index in [0.717, 1.165) is 0 Å². The maximum atomic E-state index is 12.5. The van der Waals surface area contributed by atoms with Crippen molar-refractivity contribution in [1.29, 1.82) is 0 Å². The van der Waals surface area contributed by atoms with Crippen molar-refractivity contribution in [1.82, 2.24) is 9.62 Å². The van der Waals surface area contributed by atoms with E-state index in [4.69, 9.17) is 5.11 Å². The molecule has 0 radical (unpaired) electrons. The summed E-state index contributed by atoms with van der Waals surface area (Å²) in [5, 5.41) is 11.2. The Bertz CT molecular complexity index is 696. The molecular formula is C15H22N2O5S. The first-order valence-corrected chi connectivity index (χ1v) is 8.73. The predicted molar refractivity (Wildman–Crippen MR) is 85.8 cm³/mol. The van der Waals surface area contributed by atoms with E-state index in [0.29, 0.717) is 18.7 Å². The van der Waals surface area contributed by atoms with Crippen LogP contribution in [-0.4, -0.2) is 48.8 Å². The van der Waals surface area contributed by atoms with Crippen LogP contribution in [0, 0.1) is 6.92 Å². The van der Waals surface area contributed by atoms with Crippen molar-refractivity contribution in [3.63, 3.8) is 0 Å². The molecule has 8 heteroatoms. The molecule has 0 aliphatic carbocycles. The van der Waals surface area contributed by atoms with Crippen molar-refractivity contribution >= 4 is 21.9 Å². The molecule has 0 aromatic heterocycles. The largest absolute Gasteiger partial charge is 0.480 e. The summed E-state index contributed by atoms with van der Waals surface area (Å²) in [5.41, 5.74) is 0.713. The van der Waals surface area contributed by atoms with Crippen LogP contribution in [0.4, 0.5) is 0 Å². The number of carboxylic acid groups (broad SMARTS) is 1. The van der Waals surface area contributed by atoms with Gasteiger partial charge in [-0.2, -0.15) is 4.31 Å². The van der Waals surface area contributed by atoms with Crippen LogP contribution < -0.4 is 5.32 Å². The molecule has 0 unspecified atom stereocenters. The van der Waals surface area contributed by atoms with Crippen molar-refractivity contribution in [2.24, 2.45) is 0 Å². The summed E-state index contributed by atoms with van der Waals surface area (Å²) >= 11 is 0. The molecule has 0 bridgehead atoms. The topological polar surface area (TPSA) is 104 Å². The van der Waals surface area contributed by atoms with Crippen LogP contribution in [0.1, 0.15) is 36.7 Å². The number of carboxylic acids is 1. The molecular weight excluding hydrogens is 320 g/mol. The zero-order chi connectivity index (χ0) is 17.8. The van der Waals surface area contributed by atoms with Crippen molar-refractivity contribution in [2.45, 2.75) is 38.6 Å². The molecule has 1 atom stereocenters. The van der Waals surface area contributed by atoms with Gasteiger partial charge in [-0.1, -0.05) is 19.9 Å². The highest BCUT2D eigenvalue weighted by molar-refractivity contribution is 7.89. The monoisotopic (exact) mass is 342 g/mol. The highest BCUT2D eigenvalue weighted by Crippen LogP contribution is 2.19. The van der Waals surface area contributed by atoms with Gasteiger partial charge in [0.25, 0.3) is 5.91 Å². The number of carbonyl (C=O) groups is 2. The number of sulfonamides is 1. The van der Waals surface area contributed by atoms with Gasteiger partial charge in [0.15, 0.2) is 0 Å². The zero-order valence-corrected chi connectivity index (χ0v) is 14.5. The van der Waals surface area contributed by atoms with E-state index in [-0.39, 0.29) is 10.5 Å². The molecule has 2 N–H and O–H groups in total. The average Bonchev–Trinajstić information content (AvgIpc) is 2.48.